The Balaban J connectivity index is 2.53. The quantitative estimate of drug-likeness (QED) is 0.654. The van der Waals surface area contributed by atoms with Crippen LogP contribution in [0.2, 0.25) is 0 Å². The van der Waals surface area contributed by atoms with Gasteiger partial charge in [0.2, 0.25) is 0 Å². The summed E-state index contributed by atoms with van der Waals surface area (Å²) >= 11 is 3.53. The molecule has 0 bridgehead atoms. The Bertz CT molecular complexity index is 331. The van der Waals surface area contributed by atoms with Gasteiger partial charge in [0.1, 0.15) is 0 Å². The van der Waals surface area contributed by atoms with Gasteiger partial charge in [0, 0.05) is 18.1 Å². The average molecular weight is 224 g/mol. The molecule has 1 aromatic rings. The van der Waals surface area contributed by atoms with Gasteiger partial charge in [-0.2, -0.15) is 0 Å². The first kappa shape index (κ1) is 7.87. The molecule has 1 nitrogen and oxygen atoms in total. The predicted octanol–water partition coefficient (Wildman–Crippen LogP) is 2.87. The number of halogens is 1. The van der Waals surface area contributed by atoms with Crippen LogP contribution in [0.4, 0.5) is 0 Å². The Kier molecular flexibility index (Phi) is 1.93. The van der Waals surface area contributed by atoms with Gasteiger partial charge in [-0.05, 0) is 29.5 Å². The minimum Gasteiger partial charge on any atom is -0.376 e. The van der Waals surface area contributed by atoms with Gasteiger partial charge in [0.25, 0.3) is 0 Å². The van der Waals surface area contributed by atoms with Crippen molar-refractivity contribution in [1.29, 1.82) is 0 Å². The molecule has 0 amide bonds. The Labute approximate surface area is 80.8 Å². The summed E-state index contributed by atoms with van der Waals surface area (Å²) in [4.78, 5) is 2.18. The summed E-state index contributed by atoms with van der Waals surface area (Å²) in [6, 6.07) is 6.32. The van der Waals surface area contributed by atoms with Crippen molar-refractivity contribution in [1.82, 2.24) is 4.90 Å². The minimum atomic E-state index is 1.01. The summed E-state index contributed by atoms with van der Waals surface area (Å²) in [6.07, 6.45) is 4.25. The SMILES string of the molecule is CN1C=Cc2c(Br)cccc2C1. The molecule has 12 heavy (non-hydrogen) atoms. The lowest BCUT2D eigenvalue weighted by molar-refractivity contribution is 0.447. The van der Waals surface area contributed by atoms with Crippen molar-refractivity contribution in [2.75, 3.05) is 7.05 Å². The zero-order valence-corrected chi connectivity index (χ0v) is 8.51. The predicted molar refractivity (Wildman–Crippen MR) is 54.6 cm³/mol. The fraction of sp³-hybridized carbons (Fsp3) is 0.200. The monoisotopic (exact) mass is 223 g/mol. The zero-order chi connectivity index (χ0) is 8.55. The fourth-order valence-electron chi connectivity index (χ4n) is 1.43. The molecule has 0 radical (unpaired) electrons. The molecular formula is C10H10BrN. The third-order valence-corrected chi connectivity index (χ3v) is 2.75. The summed E-state index contributed by atoms with van der Waals surface area (Å²) in [5, 5.41) is 0. The van der Waals surface area contributed by atoms with E-state index in [4.69, 9.17) is 0 Å². The molecule has 1 aromatic carbocycles. The Morgan fingerprint density at radius 3 is 3.08 bits per heavy atom. The van der Waals surface area contributed by atoms with Crippen LogP contribution >= 0.6 is 15.9 Å². The smallest absolute Gasteiger partial charge is 0.0427 e. The van der Waals surface area contributed by atoms with E-state index in [-0.39, 0.29) is 0 Å². The molecule has 0 atom stereocenters. The van der Waals surface area contributed by atoms with Crippen LogP contribution in [-0.2, 0) is 6.54 Å². The van der Waals surface area contributed by atoms with Gasteiger partial charge in [-0.3, -0.25) is 0 Å². The third-order valence-electron chi connectivity index (χ3n) is 2.06. The van der Waals surface area contributed by atoms with Gasteiger partial charge in [0.15, 0.2) is 0 Å². The Morgan fingerprint density at radius 1 is 1.42 bits per heavy atom. The molecule has 0 spiro atoms. The summed E-state index contributed by atoms with van der Waals surface area (Å²) in [5.41, 5.74) is 2.70. The summed E-state index contributed by atoms with van der Waals surface area (Å²) < 4.78 is 1.18. The van der Waals surface area contributed by atoms with E-state index in [9.17, 15) is 0 Å². The van der Waals surface area contributed by atoms with Crippen LogP contribution in [0, 0.1) is 0 Å². The van der Waals surface area contributed by atoms with Crippen LogP contribution < -0.4 is 0 Å². The standard InChI is InChI=1S/C10H10BrN/c1-12-6-5-9-8(7-12)3-2-4-10(9)11/h2-6H,7H2,1H3. The van der Waals surface area contributed by atoms with Gasteiger partial charge in [-0.15, -0.1) is 0 Å². The maximum Gasteiger partial charge on any atom is 0.0427 e. The van der Waals surface area contributed by atoms with Crippen molar-refractivity contribution in [2.24, 2.45) is 0 Å². The van der Waals surface area contributed by atoms with E-state index in [1.807, 2.05) is 0 Å². The molecule has 2 heteroatoms. The molecule has 0 saturated heterocycles. The molecule has 0 fully saturated rings. The summed E-state index contributed by atoms with van der Waals surface area (Å²) in [6.45, 7) is 1.01. The van der Waals surface area contributed by atoms with E-state index in [1.54, 1.807) is 0 Å². The van der Waals surface area contributed by atoms with Crippen molar-refractivity contribution < 1.29 is 0 Å². The highest BCUT2D eigenvalue weighted by atomic mass is 79.9. The van der Waals surface area contributed by atoms with Crippen LogP contribution in [0.25, 0.3) is 6.08 Å². The molecule has 0 aliphatic carbocycles. The molecule has 1 aliphatic rings. The van der Waals surface area contributed by atoms with Crippen molar-refractivity contribution in [3.63, 3.8) is 0 Å². The lowest BCUT2D eigenvalue weighted by Crippen LogP contribution is -2.14. The van der Waals surface area contributed by atoms with Crippen molar-refractivity contribution in [3.8, 4) is 0 Å². The highest BCUT2D eigenvalue weighted by molar-refractivity contribution is 9.10. The number of hydrogen-bond acceptors (Lipinski definition) is 1. The van der Waals surface area contributed by atoms with E-state index >= 15 is 0 Å². The van der Waals surface area contributed by atoms with E-state index in [0.717, 1.165) is 6.54 Å². The van der Waals surface area contributed by atoms with Crippen molar-refractivity contribution in [2.45, 2.75) is 6.54 Å². The van der Waals surface area contributed by atoms with Gasteiger partial charge in [0.05, 0.1) is 0 Å². The van der Waals surface area contributed by atoms with E-state index in [2.05, 4.69) is 58.4 Å². The maximum atomic E-state index is 3.53. The first-order chi connectivity index (χ1) is 5.77. The normalized spacial score (nSPS) is 14.7. The maximum absolute atomic E-state index is 3.53. The van der Waals surface area contributed by atoms with Crippen LogP contribution in [0.3, 0.4) is 0 Å². The highest BCUT2D eigenvalue weighted by Gasteiger charge is 2.08. The van der Waals surface area contributed by atoms with Crippen LogP contribution in [0.5, 0.6) is 0 Å². The first-order valence-electron chi connectivity index (χ1n) is 3.93. The fourth-order valence-corrected chi connectivity index (χ4v) is 1.97. The molecular weight excluding hydrogens is 214 g/mol. The first-order valence-corrected chi connectivity index (χ1v) is 4.72. The Hall–Kier alpha value is -0.760. The lowest BCUT2D eigenvalue weighted by atomic mass is 10.1. The largest absolute Gasteiger partial charge is 0.376 e. The van der Waals surface area contributed by atoms with E-state index < -0.39 is 0 Å². The second-order valence-electron chi connectivity index (χ2n) is 3.04. The summed E-state index contributed by atoms with van der Waals surface area (Å²) in [7, 11) is 2.08. The van der Waals surface area contributed by atoms with Crippen LogP contribution in [-0.4, -0.2) is 11.9 Å². The number of rotatable bonds is 0. The second-order valence-corrected chi connectivity index (χ2v) is 3.90. The van der Waals surface area contributed by atoms with Crippen LogP contribution in [0.1, 0.15) is 11.1 Å². The van der Waals surface area contributed by atoms with E-state index in [0.29, 0.717) is 0 Å². The lowest BCUT2D eigenvalue weighted by Gasteiger charge is -2.21. The molecule has 1 aliphatic heterocycles. The molecule has 0 saturated carbocycles. The number of fused-ring (bicyclic) bond motifs is 1. The van der Waals surface area contributed by atoms with Crippen LogP contribution in [0.15, 0.2) is 28.9 Å². The number of hydrogen-bond donors (Lipinski definition) is 0. The highest BCUT2D eigenvalue weighted by Crippen LogP contribution is 2.25. The topological polar surface area (TPSA) is 3.24 Å². The summed E-state index contributed by atoms with van der Waals surface area (Å²) in [5.74, 6) is 0. The van der Waals surface area contributed by atoms with Gasteiger partial charge >= 0.3 is 0 Å². The molecule has 0 N–H and O–H groups in total. The molecule has 2 rings (SSSR count). The zero-order valence-electron chi connectivity index (χ0n) is 6.92. The minimum absolute atomic E-state index is 1.01. The molecule has 0 unspecified atom stereocenters. The molecule has 0 aromatic heterocycles. The Morgan fingerprint density at radius 2 is 2.25 bits per heavy atom. The van der Waals surface area contributed by atoms with Gasteiger partial charge < -0.3 is 4.90 Å². The van der Waals surface area contributed by atoms with Crippen molar-refractivity contribution >= 4 is 22.0 Å². The number of benzene rings is 1. The van der Waals surface area contributed by atoms with Gasteiger partial charge in [-0.25, -0.2) is 0 Å². The van der Waals surface area contributed by atoms with Crippen molar-refractivity contribution in [3.05, 3.63) is 40.0 Å². The molecule has 62 valence electrons. The van der Waals surface area contributed by atoms with E-state index in [1.165, 1.54) is 15.6 Å². The number of nitrogens with zero attached hydrogens (tertiary/aromatic N) is 1. The second kappa shape index (κ2) is 2.94. The third kappa shape index (κ3) is 1.27. The molecule has 1 heterocycles. The van der Waals surface area contributed by atoms with Gasteiger partial charge in [-0.1, -0.05) is 28.1 Å². The average Bonchev–Trinajstić information content (AvgIpc) is 2.04.